The van der Waals surface area contributed by atoms with Crippen molar-refractivity contribution in [2.75, 3.05) is 13.1 Å². The van der Waals surface area contributed by atoms with Crippen LogP contribution in [0.2, 0.25) is 0 Å². The Morgan fingerprint density at radius 3 is 2.78 bits per heavy atom. The van der Waals surface area contributed by atoms with Crippen molar-refractivity contribution in [2.45, 2.75) is 64.0 Å². The monoisotopic (exact) mass is 386 g/mol. The van der Waals surface area contributed by atoms with Gasteiger partial charge in [-0.25, -0.2) is 0 Å². The molecule has 2 aliphatic rings. The molecule has 27 heavy (non-hydrogen) atoms. The first-order valence-electron chi connectivity index (χ1n) is 10.3. The highest BCUT2D eigenvalue weighted by molar-refractivity contribution is 7.09. The molecule has 1 amide bonds. The van der Waals surface area contributed by atoms with E-state index in [0.29, 0.717) is 18.3 Å². The number of thiophene rings is 1. The Labute approximate surface area is 165 Å². The van der Waals surface area contributed by atoms with Gasteiger partial charge in [0.2, 0.25) is 0 Å². The quantitative estimate of drug-likeness (QED) is 0.874. The first-order valence-corrected chi connectivity index (χ1v) is 11.2. The fourth-order valence-electron chi connectivity index (χ4n) is 4.57. The minimum absolute atomic E-state index is 0.0337. The molecule has 2 aromatic heterocycles. The third-order valence-electron chi connectivity index (χ3n) is 6.05. The number of hydrogen-bond donors (Lipinski definition) is 1. The first-order chi connectivity index (χ1) is 13.2. The van der Waals surface area contributed by atoms with Crippen molar-refractivity contribution in [3.8, 4) is 0 Å². The summed E-state index contributed by atoms with van der Waals surface area (Å²) in [6, 6.07) is 4.63. The summed E-state index contributed by atoms with van der Waals surface area (Å²) >= 11 is 1.67. The Kier molecular flexibility index (Phi) is 5.93. The third kappa shape index (κ3) is 4.27. The molecule has 1 atom stereocenters. The van der Waals surface area contributed by atoms with E-state index in [1.807, 2.05) is 23.2 Å². The van der Waals surface area contributed by atoms with E-state index in [-0.39, 0.29) is 5.91 Å². The molecule has 6 heteroatoms. The van der Waals surface area contributed by atoms with Crippen LogP contribution in [0.5, 0.6) is 0 Å². The standard InChI is InChI=1S/C21H30N4OS/c1-24-19-10-9-16(25-11-5-3-2-4-6-12-25)14-18(19)20(23-24)21(26)22-15-17-8-7-13-27-17/h7-8,13,16H,2-6,9-12,14-15H2,1H3,(H,22,26). The number of amides is 1. The molecule has 3 heterocycles. The van der Waals surface area contributed by atoms with Crippen LogP contribution in [0.4, 0.5) is 0 Å². The second-order valence-electron chi connectivity index (χ2n) is 7.86. The Morgan fingerprint density at radius 1 is 1.26 bits per heavy atom. The van der Waals surface area contributed by atoms with Crippen molar-refractivity contribution in [3.05, 3.63) is 39.3 Å². The van der Waals surface area contributed by atoms with E-state index in [0.717, 1.165) is 12.8 Å². The smallest absolute Gasteiger partial charge is 0.272 e. The molecular formula is C21H30N4OS. The number of likely N-dealkylation sites (tertiary alicyclic amines) is 1. The van der Waals surface area contributed by atoms with Gasteiger partial charge in [-0.05, 0) is 56.6 Å². The predicted molar refractivity (Wildman–Crippen MR) is 109 cm³/mol. The minimum Gasteiger partial charge on any atom is -0.346 e. The van der Waals surface area contributed by atoms with Gasteiger partial charge in [0.25, 0.3) is 5.91 Å². The molecule has 0 radical (unpaired) electrons. The van der Waals surface area contributed by atoms with Crippen molar-refractivity contribution in [3.63, 3.8) is 0 Å². The lowest BCUT2D eigenvalue weighted by Crippen LogP contribution is -2.41. The maximum absolute atomic E-state index is 12.8. The Balaban J connectivity index is 1.47. The molecule has 5 nitrogen and oxygen atoms in total. The van der Waals surface area contributed by atoms with Crippen molar-refractivity contribution in [1.29, 1.82) is 0 Å². The molecule has 1 fully saturated rings. The van der Waals surface area contributed by atoms with Crippen molar-refractivity contribution in [1.82, 2.24) is 20.0 Å². The summed E-state index contributed by atoms with van der Waals surface area (Å²) in [5.74, 6) is -0.0337. The zero-order valence-electron chi connectivity index (χ0n) is 16.2. The summed E-state index contributed by atoms with van der Waals surface area (Å²) < 4.78 is 1.93. The van der Waals surface area contributed by atoms with Gasteiger partial charge in [0.05, 0.1) is 6.54 Å². The lowest BCUT2D eigenvalue weighted by molar-refractivity contribution is 0.0943. The number of carbonyl (C=O) groups excluding carboxylic acids is 1. The fraction of sp³-hybridized carbons (Fsp3) is 0.619. The molecule has 1 aliphatic heterocycles. The molecule has 0 spiro atoms. The number of aromatic nitrogens is 2. The van der Waals surface area contributed by atoms with Gasteiger partial charge in [0.15, 0.2) is 5.69 Å². The highest BCUT2D eigenvalue weighted by atomic mass is 32.1. The van der Waals surface area contributed by atoms with Gasteiger partial charge >= 0.3 is 0 Å². The molecular weight excluding hydrogens is 356 g/mol. The molecule has 0 saturated carbocycles. The molecule has 2 aromatic rings. The average molecular weight is 387 g/mol. The van der Waals surface area contributed by atoms with Gasteiger partial charge in [0, 0.05) is 29.2 Å². The molecule has 146 valence electrons. The van der Waals surface area contributed by atoms with Crippen molar-refractivity contribution in [2.24, 2.45) is 7.05 Å². The molecule has 1 N–H and O–H groups in total. The molecule has 0 bridgehead atoms. The summed E-state index contributed by atoms with van der Waals surface area (Å²) in [6.45, 7) is 3.00. The van der Waals surface area contributed by atoms with Gasteiger partial charge in [-0.2, -0.15) is 5.10 Å². The Bertz CT molecular complexity index is 759. The summed E-state index contributed by atoms with van der Waals surface area (Å²) in [7, 11) is 1.98. The van der Waals surface area contributed by atoms with Crippen LogP contribution in [0, 0.1) is 0 Å². The summed E-state index contributed by atoms with van der Waals surface area (Å²) in [4.78, 5) is 16.7. The summed E-state index contributed by atoms with van der Waals surface area (Å²) in [5.41, 5.74) is 3.07. The second kappa shape index (κ2) is 8.57. The van der Waals surface area contributed by atoms with E-state index >= 15 is 0 Å². The van der Waals surface area contributed by atoms with Gasteiger partial charge < -0.3 is 10.2 Å². The van der Waals surface area contributed by atoms with Gasteiger partial charge in [-0.3, -0.25) is 9.48 Å². The van der Waals surface area contributed by atoms with Crippen LogP contribution in [-0.2, 0) is 26.4 Å². The molecule has 1 aliphatic carbocycles. The van der Waals surface area contributed by atoms with Gasteiger partial charge in [-0.15, -0.1) is 11.3 Å². The normalized spacial score (nSPS) is 21.3. The number of aryl methyl sites for hydroxylation is 1. The maximum Gasteiger partial charge on any atom is 0.272 e. The molecule has 0 aromatic carbocycles. The molecule has 1 unspecified atom stereocenters. The lowest BCUT2D eigenvalue weighted by Gasteiger charge is -2.35. The number of rotatable bonds is 4. The Hall–Kier alpha value is -1.66. The van der Waals surface area contributed by atoms with E-state index in [1.165, 1.54) is 67.7 Å². The first kappa shape index (κ1) is 18.7. The molecule has 4 rings (SSSR count). The van der Waals surface area contributed by atoms with E-state index in [2.05, 4.69) is 21.4 Å². The number of carbonyl (C=O) groups is 1. The van der Waals surface area contributed by atoms with Gasteiger partial charge in [0.1, 0.15) is 0 Å². The average Bonchev–Trinajstić information content (AvgIpc) is 3.27. The SMILES string of the molecule is Cn1nc(C(=O)NCc2cccs2)c2c1CCC(N1CCCCCCC1)C2. The zero-order chi connectivity index (χ0) is 18.6. The Morgan fingerprint density at radius 2 is 2.04 bits per heavy atom. The van der Waals surface area contributed by atoms with Crippen LogP contribution in [-0.4, -0.2) is 39.7 Å². The van der Waals surface area contributed by atoms with Crippen LogP contribution in [0.1, 0.15) is 65.1 Å². The van der Waals surface area contributed by atoms with E-state index in [9.17, 15) is 4.79 Å². The zero-order valence-corrected chi connectivity index (χ0v) is 17.1. The van der Waals surface area contributed by atoms with Crippen LogP contribution in [0.15, 0.2) is 17.5 Å². The van der Waals surface area contributed by atoms with Gasteiger partial charge in [-0.1, -0.05) is 25.3 Å². The predicted octanol–water partition coefficient (Wildman–Crippen LogP) is 3.54. The van der Waals surface area contributed by atoms with Crippen molar-refractivity contribution >= 4 is 17.2 Å². The van der Waals surface area contributed by atoms with Crippen LogP contribution >= 0.6 is 11.3 Å². The lowest BCUT2D eigenvalue weighted by atomic mass is 9.89. The van der Waals surface area contributed by atoms with E-state index in [4.69, 9.17) is 0 Å². The second-order valence-corrected chi connectivity index (χ2v) is 8.89. The fourth-order valence-corrected chi connectivity index (χ4v) is 5.21. The molecule has 1 saturated heterocycles. The number of nitrogens with zero attached hydrogens (tertiary/aromatic N) is 3. The van der Waals surface area contributed by atoms with E-state index in [1.54, 1.807) is 11.3 Å². The highest BCUT2D eigenvalue weighted by Gasteiger charge is 2.31. The number of fused-ring (bicyclic) bond motifs is 1. The van der Waals surface area contributed by atoms with E-state index < -0.39 is 0 Å². The third-order valence-corrected chi connectivity index (χ3v) is 6.93. The maximum atomic E-state index is 12.8. The largest absolute Gasteiger partial charge is 0.346 e. The van der Waals surface area contributed by atoms with Crippen LogP contribution in [0.3, 0.4) is 0 Å². The topological polar surface area (TPSA) is 50.2 Å². The van der Waals surface area contributed by atoms with Crippen LogP contribution in [0.25, 0.3) is 0 Å². The summed E-state index contributed by atoms with van der Waals surface area (Å²) in [6.07, 6.45) is 9.90. The van der Waals surface area contributed by atoms with Crippen molar-refractivity contribution < 1.29 is 4.79 Å². The number of hydrogen-bond acceptors (Lipinski definition) is 4. The summed E-state index contributed by atoms with van der Waals surface area (Å²) in [5, 5.41) is 9.69. The highest BCUT2D eigenvalue weighted by Crippen LogP contribution is 2.28. The number of nitrogens with one attached hydrogen (secondary N) is 1. The minimum atomic E-state index is -0.0337. The van der Waals surface area contributed by atoms with Crippen LogP contribution < -0.4 is 5.32 Å².